The quantitative estimate of drug-likeness (QED) is 0.573. The first kappa shape index (κ1) is 18.2. The number of nitrogens with one attached hydrogen (secondary N) is 1. The molecule has 3 rings (SSSR count). The summed E-state index contributed by atoms with van der Waals surface area (Å²) in [6.45, 7) is 0. The van der Waals surface area contributed by atoms with Crippen LogP contribution in [-0.2, 0) is 12.4 Å². The number of aromatic amines is 1. The molecule has 0 aliphatic rings. The molecule has 2 aromatic carbocycles. The molecular weight excluding hydrogens is 386 g/mol. The van der Waals surface area contributed by atoms with Crippen LogP contribution in [0.4, 0.5) is 26.3 Å². The Morgan fingerprint density at radius 2 is 1.50 bits per heavy atom. The average molecular weight is 393 g/mol. The van der Waals surface area contributed by atoms with Gasteiger partial charge in [-0.1, -0.05) is 17.7 Å². The van der Waals surface area contributed by atoms with E-state index in [2.05, 4.69) is 9.97 Å². The summed E-state index contributed by atoms with van der Waals surface area (Å²) in [6.07, 6.45) is -8.84. The molecule has 0 saturated heterocycles. The van der Waals surface area contributed by atoms with Gasteiger partial charge in [0.05, 0.1) is 21.7 Å². The number of fused-ring (bicyclic) bond motifs is 1. The molecule has 0 aliphatic heterocycles. The second-order valence-corrected chi connectivity index (χ2v) is 5.75. The summed E-state index contributed by atoms with van der Waals surface area (Å²) < 4.78 is 78.0. The number of alkyl halides is 6. The molecule has 1 heterocycles. The molecule has 1 N–H and O–H groups in total. The maximum absolute atomic E-state index is 13.0. The summed E-state index contributed by atoms with van der Waals surface area (Å²) in [4.78, 5) is 17.0. The van der Waals surface area contributed by atoms with E-state index < -0.39 is 29.2 Å². The Morgan fingerprint density at radius 1 is 0.923 bits per heavy atom. The van der Waals surface area contributed by atoms with Crippen molar-refractivity contribution in [1.82, 2.24) is 9.97 Å². The molecule has 3 aromatic rings. The molecule has 0 spiro atoms. The molecule has 26 heavy (non-hydrogen) atoms. The van der Waals surface area contributed by atoms with Crippen LogP contribution in [0.15, 0.2) is 41.3 Å². The van der Waals surface area contributed by atoms with Crippen molar-refractivity contribution in [2.75, 3.05) is 0 Å². The van der Waals surface area contributed by atoms with Crippen LogP contribution in [0.25, 0.3) is 22.0 Å². The number of aromatic nitrogens is 2. The van der Waals surface area contributed by atoms with E-state index in [1.165, 1.54) is 12.1 Å². The lowest BCUT2D eigenvalue weighted by atomic mass is 9.98. The van der Waals surface area contributed by atoms with Crippen molar-refractivity contribution >= 4 is 22.5 Å². The van der Waals surface area contributed by atoms with Gasteiger partial charge in [-0.05, 0) is 29.8 Å². The van der Waals surface area contributed by atoms with Crippen LogP contribution in [-0.4, -0.2) is 9.97 Å². The van der Waals surface area contributed by atoms with E-state index in [-0.39, 0.29) is 33.1 Å². The first-order chi connectivity index (χ1) is 12.0. The number of H-pyrrole nitrogens is 1. The van der Waals surface area contributed by atoms with E-state index in [4.69, 9.17) is 11.6 Å². The van der Waals surface area contributed by atoms with Gasteiger partial charge < -0.3 is 4.98 Å². The van der Waals surface area contributed by atoms with Gasteiger partial charge in [0.2, 0.25) is 0 Å². The van der Waals surface area contributed by atoms with Crippen molar-refractivity contribution in [2.24, 2.45) is 0 Å². The maximum Gasteiger partial charge on any atom is 0.416 e. The fourth-order valence-electron chi connectivity index (χ4n) is 2.43. The van der Waals surface area contributed by atoms with Gasteiger partial charge in [-0.25, -0.2) is 9.78 Å². The van der Waals surface area contributed by atoms with E-state index in [0.29, 0.717) is 12.1 Å². The molecule has 0 bridgehead atoms. The van der Waals surface area contributed by atoms with Crippen LogP contribution in [0.3, 0.4) is 0 Å². The van der Waals surface area contributed by atoms with E-state index in [9.17, 15) is 31.1 Å². The number of benzene rings is 2. The molecule has 1 aromatic heterocycles. The second-order valence-electron chi connectivity index (χ2n) is 5.37. The Balaban J connectivity index is 2.29. The monoisotopic (exact) mass is 392 g/mol. The zero-order valence-corrected chi connectivity index (χ0v) is 13.2. The van der Waals surface area contributed by atoms with Gasteiger partial charge in [-0.3, -0.25) is 0 Å². The molecule has 0 unspecified atom stereocenters. The van der Waals surface area contributed by atoms with Crippen molar-refractivity contribution in [3.05, 3.63) is 63.2 Å². The van der Waals surface area contributed by atoms with Crippen LogP contribution in [0.2, 0.25) is 5.02 Å². The molecule has 0 radical (unpaired) electrons. The summed E-state index contributed by atoms with van der Waals surface area (Å²) in [6, 6.07) is 3.77. The molecule has 10 heteroatoms. The standard InChI is InChI=1S/C16H7ClF6N2O/c17-13-10(1-2-12-11(13)6-24-14(26)25-12)7-3-8(15(18,19)20)5-9(4-7)16(21,22)23/h1-6H,(H,24,25,26). The Labute approximate surface area is 146 Å². The minimum Gasteiger partial charge on any atom is -0.305 e. The Bertz CT molecular complexity index is 1020. The first-order valence-electron chi connectivity index (χ1n) is 6.94. The number of hydrogen-bond donors (Lipinski definition) is 1. The highest BCUT2D eigenvalue weighted by atomic mass is 35.5. The third-order valence-electron chi connectivity index (χ3n) is 3.63. The van der Waals surface area contributed by atoms with Crippen LogP contribution in [0.5, 0.6) is 0 Å². The summed E-state index contributed by atoms with van der Waals surface area (Å²) in [5.41, 5.74) is -3.72. The molecule has 0 atom stereocenters. The topological polar surface area (TPSA) is 45.8 Å². The Kier molecular flexibility index (Phi) is 4.22. The average Bonchev–Trinajstić information content (AvgIpc) is 2.53. The summed E-state index contributed by atoms with van der Waals surface area (Å²) in [5.74, 6) is 0. The predicted octanol–water partition coefficient (Wildman–Crippen LogP) is 5.28. The van der Waals surface area contributed by atoms with Gasteiger partial charge >= 0.3 is 18.0 Å². The van der Waals surface area contributed by atoms with Crippen LogP contribution in [0, 0.1) is 0 Å². The largest absolute Gasteiger partial charge is 0.416 e. The van der Waals surface area contributed by atoms with Crippen molar-refractivity contribution < 1.29 is 26.3 Å². The van der Waals surface area contributed by atoms with Crippen LogP contribution in [0.1, 0.15) is 11.1 Å². The van der Waals surface area contributed by atoms with Gasteiger partial charge in [0.15, 0.2) is 0 Å². The highest BCUT2D eigenvalue weighted by molar-refractivity contribution is 6.38. The summed E-state index contributed by atoms with van der Waals surface area (Å²) >= 11 is 6.14. The van der Waals surface area contributed by atoms with E-state index in [1.807, 2.05) is 0 Å². The Morgan fingerprint density at radius 3 is 2.04 bits per heavy atom. The van der Waals surface area contributed by atoms with Crippen molar-refractivity contribution in [3.8, 4) is 11.1 Å². The molecule has 0 amide bonds. The number of hydrogen-bond acceptors (Lipinski definition) is 2. The molecule has 3 nitrogen and oxygen atoms in total. The Hall–Kier alpha value is -2.55. The minimum absolute atomic E-state index is 0.0392. The third kappa shape index (κ3) is 3.39. The van der Waals surface area contributed by atoms with E-state index in [1.54, 1.807) is 0 Å². The normalized spacial score (nSPS) is 12.6. The van der Waals surface area contributed by atoms with Crippen LogP contribution >= 0.6 is 11.6 Å². The third-order valence-corrected chi connectivity index (χ3v) is 4.04. The SMILES string of the molecule is O=c1ncc2c(Cl)c(-c3cc(C(F)(F)F)cc(C(F)(F)F)c3)ccc2[nH]1. The van der Waals surface area contributed by atoms with Crippen LogP contribution < -0.4 is 5.69 Å². The lowest BCUT2D eigenvalue weighted by molar-refractivity contribution is -0.143. The van der Waals surface area contributed by atoms with Crippen molar-refractivity contribution in [2.45, 2.75) is 12.4 Å². The number of rotatable bonds is 1. The molecule has 136 valence electrons. The first-order valence-corrected chi connectivity index (χ1v) is 7.32. The fraction of sp³-hybridized carbons (Fsp3) is 0.125. The molecular formula is C16H7ClF6N2O. The van der Waals surface area contributed by atoms with Gasteiger partial charge in [0.25, 0.3) is 0 Å². The van der Waals surface area contributed by atoms with Crippen molar-refractivity contribution in [1.29, 1.82) is 0 Å². The number of nitrogens with zero attached hydrogens (tertiary/aromatic N) is 1. The van der Waals surface area contributed by atoms with Gasteiger partial charge in [0.1, 0.15) is 0 Å². The van der Waals surface area contributed by atoms with Crippen molar-refractivity contribution in [3.63, 3.8) is 0 Å². The highest BCUT2D eigenvalue weighted by Crippen LogP contribution is 2.41. The lowest BCUT2D eigenvalue weighted by Gasteiger charge is -2.15. The van der Waals surface area contributed by atoms with E-state index >= 15 is 0 Å². The molecule has 0 saturated carbocycles. The van der Waals surface area contributed by atoms with E-state index in [0.717, 1.165) is 6.20 Å². The lowest BCUT2D eigenvalue weighted by Crippen LogP contribution is -2.11. The summed E-state index contributed by atoms with van der Waals surface area (Å²) in [7, 11) is 0. The predicted molar refractivity (Wildman–Crippen MR) is 82.8 cm³/mol. The van der Waals surface area contributed by atoms with Gasteiger partial charge in [-0.15, -0.1) is 0 Å². The fourth-order valence-corrected chi connectivity index (χ4v) is 2.75. The van der Waals surface area contributed by atoms with Gasteiger partial charge in [-0.2, -0.15) is 26.3 Å². The smallest absolute Gasteiger partial charge is 0.305 e. The maximum atomic E-state index is 13.0. The minimum atomic E-state index is -4.97. The summed E-state index contributed by atoms with van der Waals surface area (Å²) in [5, 5.41) is 0.0634. The second kappa shape index (κ2) is 6.01. The zero-order valence-electron chi connectivity index (χ0n) is 12.5. The molecule has 0 aliphatic carbocycles. The highest BCUT2D eigenvalue weighted by Gasteiger charge is 2.37. The molecule has 0 fully saturated rings. The van der Waals surface area contributed by atoms with Gasteiger partial charge in [0, 0.05) is 17.1 Å². The zero-order chi connectivity index (χ0) is 19.3. The number of halogens is 7.